The fourth-order valence-electron chi connectivity index (χ4n) is 3.22. The van der Waals surface area contributed by atoms with Gasteiger partial charge in [0.05, 0.1) is 33.6 Å². The average molecular weight is 610 g/mol. The summed E-state index contributed by atoms with van der Waals surface area (Å²) in [4.78, 5) is 40.7. The van der Waals surface area contributed by atoms with Crippen LogP contribution in [0, 0.1) is 10.1 Å². The predicted molar refractivity (Wildman–Crippen MR) is 138 cm³/mol. The first-order valence-corrected chi connectivity index (χ1v) is 12.1. The van der Waals surface area contributed by atoms with E-state index in [1.165, 1.54) is 37.1 Å². The molecule has 0 saturated carbocycles. The first kappa shape index (κ1) is 26.5. The van der Waals surface area contributed by atoms with E-state index in [2.05, 4.69) is 46.7 Å². The molecule has 0 spiro atoms. The summed E-state index contributed by atoms with van der Waals surface area (Å²) in [6, 6.07) is 8.02. The summed E-state index contributed by atoms with van der Waals surface area (Å²) in [6.07, 6.45) is 1.00. The molecule has 12 heteroatoms. The molecule has 3 rings (SSSR count). The van der Waals surface area contributed by atoms with Crippen LogP contribution in [-0.2, 0) is 9.53 Å². The van der Waals surface area contributed by atoms with Gasteiger partial charge in [0, 0.05) is 22.0 Å². The number of esters is 1. The van der Waals surface area contributed by atoms with Gasteiger partial charge in [-0.15, -0.1) is 0 Å². The van der Waals surface area contributed by atoms with Gasteiger partial charge < -0.3 is 9.47 Å². The van der Waals surface area contributed by atoms with Crippen molar-refractivity contribution in [1.29, 1.82) is 0 Å². The van der Waals surface area contributed by atoms with E-state index in [0.29, 0.717) is 22.3 Å². The van der Waals surface area contributed by atoms with Gasteiger partial charge in [0.15, 0.2) is 6.10 Å². The summed E-state index contributed by atoms with van der Waals surface area (Å²) in [5, 5.41) is 16.4. The number of benzene rings is 2. The summed E-state index contributed by atoms with van der Waals surface area (Å²) < 4.78 is 12.3. The SMILES string of the molecule is CC[C@@H](C)c1nc2ccc(Br)cc2c(=O)n1N=Cc1cc(Br)c(O[C@H](C)C(=O)OC)c([N+](=O)[O-])c1. The highest BCUT2D eigenvalue weighted by Crippen LogP contribution is 2.37. The highest BCUT2D eigenvalue weighted by molar-refractivity contribution is 9.10. The number of carbonyl (C=O) groups excluding carboxylic acids is 1. The number of hydrogen-bond donors (Lipinski definition) is 0. The zero-order valence-electron chi connectivity index (χ0n) is 19.3. The van der Waals surface area contributed by atoms with Crippen molar-refractivity contribution in [1.82, 2.24) is 9.66 Å². The minimum absolute atomic E-state index is 0.0652. The van der Waals surface area contributed by atoms with Gasteiger partial charge in [0.2, 0.25) is 5.75 Å². The van der Waals surface area contributed by atoms with Crippen molar-refractivity contribution in [2.24, 2.45) is 5.10 Å². The summed E-state index contributed by atoms with van der Waals surface area (Å²) >= 11 is 6.64. The Hall–Kier alpha value is -3.12. The molecule has 2 atom stereocenters. The van der Waals surface area contributed by atoms with Crippen LogP contribution in [0.15, 0.2) is 49.2 Å². The maximum atomic E-state index is 13.3. The van der Waals surface area contributed by atoms with Crippen molar-refractivity contribution in [3.8, 4) is 5.75 Å². The van der Waals surface area contributed by atoms with Crippen molar-refractivity contribution < 1.29 is 19.2 Å². The van der Waals surface area contributed by atoms with Gasteiger partial charge in [-0.25, -0.2) is 9.78 Å². The number of ether oxygens (including phenoxy) is 2. The normalized spacial score (nSPS) is 13.1. The lowest BCUT2D eigenvalue weighted by Gasteiger charge is -2.15. The molecule has 2 aromatic carbocycles. The molecule has 0 fully saturated rings. The highest BCUT2D eigenvalue weighted by Gasteiger charge is 2.25. The van der Waals surface area contributed by atoms with Crippen molar-refractivity contribution in [2.75, 3.05) is 7.11 Å². The van der Waals surface area contributed by atoms with E-state index in [-0.39, 0.29) is 27.4 Å². The van der Waals surface area contributed by atoms with Crippen LogP contribution in [0.4, 0.5) is 5.69 Å². The van der Waals surface area contributed by atoms with Gasteiger partial charge in [-0.1, -0.05) is 29.8 Å². The number of halogens is 2. The van der Waals surface area contributed by atoms with Gasteiger partial charge in [-0.05, 0) is 53.5 Å². The van der Waals surface area contributed by atoms with E-state index >= 15 is 0 Å². The molecular formula is C23H22Br2N4O6. The summed E-state index contributed by atoms with van der Waals surface area (Å²) in [5.41, 5.74) is 0.146. The number of carbonyl (C=O) groups is 1. The molecule has 0 N–H and O–H groups in total. The van der Waals surface area contributed by atoms with E-state index in [4.69, 9.17) is 4.74 Å². The zero-order valence-corrected chi connectivity index (χ0v) is 22.5. The first-order valence-electron chi connectivity index (χ1n) is 10.6. The summed E-state index contributed by atoms with van der Waals surface area (Å²) in [7, 11) is 1.20. The number of fused-ring (bicyclic) bond motifs is 1. The molecule has 184 valence electrons. The number of aromatic nitrogens is 2. The molecule has 1 aromatic heterocycles. The van der Waals surface area contributed by atoms with Crippen LogP contribution in [0.25, 0.3) is 10.9 Å². The smallest absolute Gasteiger partial charge is 0.346 e. The Labute approximate surface area is 217 Å². The Morgan fingerprint density at radius 2 is 2.00 bits per heavy atom. The van der Waals surface area contributed by atoms with Crippen LogP contribution in [0.3, 0.4) is 0 Å². The molecule has 35 heavy (non-hydrogen) atoms. The van der Waals surface area contributed by atoms with Crippen LogP contribution in [-0.4, -0.2) is 40.0 Å². The molecule has 10 nitrogen and oxygen atoms in total. The number of nitrogens with zero attached hydrogens (tertiary/aromatic N) is 4. The fraction of sp³-hybridized carbons (Fsp3) is 0.304. The molecule has 0 bridgehead atoms. The molecule has 0 radical (unpaired) electrons. The van der Waals surface area contributed by atoms with Crippen molar-refractivity contribution in [3.05, 3.63) is 71.1 Å². The summed E-state index contributed by atoms with van der Waals surface area (Å²) in [5.74, 6) is -0.391. The molecule has 3 aromatic rings. The number of nitro benzene ring substituents is 1. The van der Waals surface area contributed by atoms with Crippen LogP contribution in [0.1, 0.15) is 44.5 Å². The van der Waals surface area contributed by atoms with Crippen LogP contribution >= 0.6 is 31.9 Å². The monoisotopic (exact) mass is 608 g/mol. The zero-order chi connectivity index (χ0) is 25.9. The Balaban J connectivity index is 2.11. The highest BCUT2D eigenvalue weighted by atomic mass is 79.9. The van der Waals surface area contributed by atoms with Gasteiger partial charge in [0.1, 0.15) is 5.82 Å². The van der Waals surface area contributed by atoms with Gasteiger partial charge in [0.25, 0.3) is 5.56 Å². The minimum atomic E-state index is -1.06. The Bertz CT molecular complexity index is 1390. The lowest BCUT2D eigenvalue weighted by molar-refractivity contribution is -0.386. The quantitative estimate of drug-likeness (QED) is 0.149. The predicted octanol–water partition coefficient (Wildman–Crippen LogP) is 5.17. The summed E-state index contributed by atoms with van der Waals surface area (Å²) in [6.45, 7) is 5.34. The minimum Gasteiger partial charge on any atom is -0.471 e. The number of hydrogen-bond acceptors (Lipinski definition) is 8. The molecular weight excluding hydrogens is 588 g/mol. The third kappa shape index (κ3) is 5.76. The Kier molecular flexibility index (Phi) is 8.39. The first-order chi connectivity index (χ1) is 16.6. The maximum absolute atomic E-state index is 13.3. The molecule has 0 saturated heterocycles. The molecule has 0 unspecified atom stereocenters. The second kappa shape index (κ2) is 11.1. The molecule has 0 aliphatic rings. The van der Waals surface area contributed by atoms with Crippen LogP contribution in [0.2, 0.25) is 0 Å². The van der Waals surface area contributed by atoms with Crippen molar-refractivity contribution in [3.63, 3.8) is 0 Å². The topological polar surface area (TPSA) is 126 Å². The molecule has 1 heterocycles. The maximum Gasteiger partial charge on any atom is 0.346 e. The van der Waals surface area contributed by atoms with Crippen LogP contribution < -0.4 is 10.3 Å². The molecule has 0 amide bonds. The second-order valence-corrected chi connectivity index (χ2v) is 9.46. The van der Waals surface area contributed by atoms with Crippen molar-refractivity contribution in [2.45, 2.75) is 39.2 Å². The third-order valence-electron chi connectivity index (χ3n) is 5.28. The lowest BCUT2D eigenvalue weighted by atomic mass is 10.1. The fourth-order valence-corrected chi connectivity index (χ4v) is 4.14. The van der Waals surface area contributed by atoms with E-state index < -0.39 is 17.0 Å². The third-order valence-corrected chi connectivity index (χ3v) is 6.36. The van der Waals surface area contributed by atoms with E-state index in [1.54, 1.807) is 12.1 Å². The van der Waals surface area contributed by atoms with Crippen LogP contribution in [0.5, 0.6) is 5.75 Å². The lowest BCUT2D eigenvalue weighted by Crippen LogP contribution is -2.25. The number of nitro groups is 1. The van der Waals surface area contributed by atoms with E-state index in [1.807, 2.05) is 19.9 Å². The Morgan fingerprint density at radius 3 is 2.63 bits per heavy atom. The van der Waals surface area contributed by atoms with E-state index in [9.17, 15) is 19.7 Å². The Morgan fingerprint density at radius 1 is 1.29 bits per heavy atom. The van der Waals surface area contributed by atoms with Gasteiger partial charge in [-0.2, -0.15) is 9.78 Å². The number of rotatable bonds is 8. The van der Waals surface area contributed by atoms with Gasteiger partial charge >= 0.3 is 11.7 Å². The number of methoxy groups -OCH3 is 1. The van der Waals surface area contributed by atoms with Gasteiger partial charge in [-0.3, -0.25) is 14.9 Å². The molecule has 0 aliphatic carbocycles. The molecule has 0 aliphatic heterocycles. The van der Waals surface area contributed by atoms with E-state index in [0.717, 1.165) is 10.9 Å². The standard InChI is InChI=1S/C23H22Br2N4O6/c1-5-12(2)21-27-18-7-6-15(24)10-16(18)22(30)28(21)26-11-14-8-17(25)20(19(9-14)29(32)33)35-13(3)23(31)34-4/h6-13H,5H2,1-4H3/t12-,13-/m1/s1. The second-order valence-electron chi connectivity index (χ2n) is 7.69. The average Bonchev–Trinajstić information content (AvgIpc) is 2.83. The largest absolute Gasteiger partial charge is 0.471 e. The van der Waals surface area contributed by atoms with Crippen molar-refractivity contribution >= 4 is 60.6 Å².